The molecule has 2 rings (SSSR count). The zero-order chi connectivity index (χ0) is 6.10. The highest BCUT2D eigenvalue weighted by molar-refractivity contribution is 5.32. The number of fused-ring (bicyclic) bond motifs is 1. The van der Waals surface area contributed by atoms with Crippen molar-refractivity contribution in [3.8, 4) is 0 Å². The summed E-state index contributed by atoms with van der Waals surface area (Å²) in [6.45, 7) is 0. The summed E-state index contributed by atoms with van der Waals surface area (Å²) in [5, 5.41) is 10.8. The van der Waals surface area contributed by atoms with E-state index in [2.05, 4.69) is 21.6 Å². The van der Waals surface area contributed by atoms with Crippen molar-refractivity contribution in [1.29, 1.82) is 0 Å². The van der Waals surface area contributed by atoms with Gasteiger partial charge in [-0.05, 0) is 28.6 Å². The SMILES string of the molecule is [c]1ccn2nnnc2c1. The number of hydrogen-bond donors (Lipinski definition) is 0. The average molecular weight is 119 g/mol. The fourth-order valence-electron chi connectivity index (χ4n) is 0.638. The van der Waals surface area contributed by atoms with Gasteiger partial charge in [0.15, 0.2) is 5.65 Å². The van der Waals surface area contributed by atoms with Crippen molar-refractivity contribution in [1.82, 2.24) is 20.0 Å². The van der Waals surface area contributed by atoms with E-state index in [-0.39, 0.29) is 0 Å². The zero-order valence-corrected chi connectivity index (χ0v) is 4.52. The molecule has 0 saturated carbocycles. The molecule has 0 unspecified atom stereocenters. The van der Waals surface area contributed by atoms with Crippen molar-refractivity contribution < 1.29 is 0 Å². The molecule has 0 spiro atoms. The van der Waals surface area contributed by atoms with Crippen LogP contribution in [0.25, 0.3) is 5.65 Å². The lowest BCUT2D eigenvalue weighted by atomic mass is 10.5. The van der Waals surface area contributed by atoms with Crippen LogP contribution >= 0.6 is 0 Å². The van der Waals surface area contributed by atoms with Crippen molar-refractivity contribution in [3.05, 3.63) is 24.4 Å². The van der Waals surface area contributed by atoms with Crippen LogP contribution in [-0.4, -0.2) is 20.0 Å². The maximum Gasteiger partial charge on any atom is 0.179 e. The van der Waals surface area contributed by atoms with Crippen LogP contribution in [0.15, 0.2) is 18.3 Å². The molecule has 0 amide bonds. The molecule has 43 valence electrons. The van der Waals surface area contributed by atoms with Crippen molar-refractivity contribution in [2.75, 3.05) is 0 Å². The van der Waals surface area contributed by atoms with Crippen LogP contribution < -0.4 is 0 Å². The van der Waals surface area contributed by atoms with E-state index in [0.29, 0.717) is 0 Å². The first-order valence-corrected chi connectivity index (χ1v) is 2.50. The Bertz CT molecular complexity index is 283. The standard InChI is InChI=1S/C5H3N4/c1-2-4-9-5(3-1)6-7-8-9/h2-4H. The van der Waals surface area contributed by atoms with Crippen LogP contribution in [0.4, 0.5) is 0 Å². The Morgan fingerprint density at radius 3 is 3.44 bits per heavy atom. The maximum atomic E-state index is 3.69. The predicted octanol–water partition coefficient (Wildman–Crippen LogP) is -0.0755. The number of hydrogen-bond acceptors (Lipinski definition) is 3. The third-order valence-electron chi connectivity index (χ3n) is 1.04. The molecule has 2 aromatic heterocycles. The van der Waals surface area contributed by atoms with E-state index in [1.165, 1.54) is 0 Å². The lowest BCUT2D eigenvalue weighted by molar-refractivity contribution is 0.823. The zero-order valence-electron chi connectivity index (χ0n) is 4.52. The van der Waals surface area contributed by atoms with Crippen molar-refractivity contribution in [3.63, 3.8) is 0 Å². The first kappa shape index (κ1) is 4.43. The summed E-state index contributed by atoms with van der Waals surface area (Å²) in [6.07, 6.45) is 1.75. The Kier molecular flexibility index (Phi) is 0.745. The fourth-order valence-corrected chi connectivity index (χ4v) is 0.638. The smallest absolute Gasteiger partial charge is 0.179 e. The molecule has 9 heavy (non-hydrogen) atoms. The van der Waals surface area contributed by atoms with Gasteiger partial charge in [0.25, 0.3) is 0 Å². The third-order valence-corrected chi connectivity index (χ3v) is 1.04. The van der Waals surface area contributed by atoms with Gasteiger partial charge in [-0.3, -0.25) is 0 Å². The average Bonchev–Trinajstić information content (AvgIpc) is 2.33. The van der Waals surface area contributed by atoms with Gasteiger partial charge in [0.1, 0.15) is 0 Å². The second kappa shape index (κ2) is 1.51. The van der Waals surface area contributed by atoms with Crippen LogP contribution in [0.3, 0.4) is 0 Å². The number of tetrazole rings is 1. The van der Waals surface area contributed by atoms with Gasteiger partial charge in [0.2, 0.25) is 0 Å². The van der Waals surface area contributed by atoms with E-state index in [1.807, 2.05) is 0 Å². The molecule has 4 heteroatoms. The molecule has 2 heterocycles. The molecule has 0 bridgehead atoms. The van der Waals surface area contributed by atoms with Crippen molar-refractivity contribution in [2.24, 2.45) is 0 Å². The van der Waals surface area contributed by atoms with E-state index in [1.54, 1.807) is 22.8 Å². The monoisotopic (exact) mass is 119 g/mol. The summed E-state index contributed by atoms with van der Waals surface area (Å²) in [5.41, 5.74) is 0.720. The Morgan fingerprint density at radius 1 is 1.56 bits per heavy atom. The minimum Gasteiger partial charge on any atom is -0.201 e. The first-order valence-electron chi connectivity index (χ1n) is 2.50. The van der Waals surface area contributed by atoms with Gasteiger partial charge >= 0.3 is 0 Å². The quantitative estimate of drug-likeness (QED) is 0.487. The molecule has 0 N–H and O–H groups in total. The van der Waals surface area contributed by atoms with Gasteiger partial charge in [0.05, 0.1) is 0 Å². The summed E-state index contributed by atoms with van der Waals surface area (Å²) < 4.78 is 1.58. The topological polar surface area (TPSA) is 43.1 Å². The lowest BCUT2D eigenvalue weighted by Crippen LogP contribution is -1.83. The van der Waals surface area contributed by atoms with Gasteiger partial charge in [0, 0.05) is 6.20 Å². The van der Waals surface area contributed by atoms with Gasteiger partial charge in [-0.1, -0.05) is 0 Å². The molecule has 2 aromatic rings. The molecular weight excluding hydrogens is 116 g/mol. The minimum absolute atomic E-state index is 0.720. The van der Waals surface area contributed by atoms with Crippen molar-refractivity contribution in [2.45, 2.75) is 0 Å². The van der Waals surface area contributed by atoms with E-state index < -0.39 is 0 Å². The van der Waals surface area contributed by atoms with Crippen LogP contribution in [0.5, 0.6) is 0 Å². The fraction of sp³-hybridized carbons (Fsp3) is 0. The molecule has 4 nitrogen and oxygen atoms in total. The predicted molar refractivity (Wildman–Crippen MR) is 29.6 cm³/mol. The molecule has 1 radical (unpaired) electrons. The summed E-state index contributed by atoms with van der Waals surface area (Å²) >= 11 is 0. The largest absolute Gasteiger partial charge is 0.201 e. The molecule has 0 aliphatic heterocycles. The Labute approximate surface area is 51.1 Å². The molecule has 0 atom stereocenters. The Balaban J connectivity index is 2.95. The number of nitrogens with zero attached hydrogens (tertiary/aromatic N) is 4. The number of pyridine rings is 1. The van der Waals surface area contributed by atoms with E-state index in [9.17, 15) is 0 Å². The molecule has 0 aliphatic rings. The Hall–Kier alpha value is -1.45. The highest BCUT2D eigenvalue weighted by Crippen LogP contribution is 1.90. The van der Waals surface area contributed by atoms with Gasteiger partial charge in [-0.25, -0.2) is 4.52 Å². The van der Waals surface area contributed by atoms with E-state index in [4.69, 9.17) is 0 Å². The van der Waals surface area contributed by atoms with Crippen molar-refractivity contribution >= 4 is 5.65 Å². The second-order valence-corrected chi connectivity index (χ2v) is 1.61. The van der Waals surface area contributed by atoms with Gasteiger partial charge in [-0.15, -0.1) is 5.10 Å². The highest BCUT2D eigenvalue weighted by Gasteiger charge is 1.89. The van der Waals surface area contributed by atoms with E-state index in [0.717, 1.165) is 5.65 Å². The van der Waals surface area contributed by atoms with Gasteiger partial charge in [-0.2, -0.15) is 0 Å². The molecule has 0 saturated heterocycles. The van der Waals surface area contributed by atoms with Crippen LogP contribution in [0, 0.1) is 6.07 Å². The Morgan fingerprint density at radius 2 is 2.56 bits per heavy atom. The third kappa shape index (κ3) is 0.561. The first-order chi connectivity index (χ1) is 4.47. The second-order valence-electron chi connectivity index (χ2n) is 1.61. The maximum absolute atomic E-state index is 3.69. The summed E-state index contributed by atoms with van der Waals surface area (Å²) in [5.74, 6) is 0. The van der Waals surface area contributed by atoms with Crippen LogP contribution in [0.1, 0.15) is 0 Å². The number of aromatic nitrogens is 4. The van der Waals surface area contributed by atoms with E-state index >= 15 is 0 Å². The van der Waals surface area contributed by atoms with Crippen LogP contribution in [0.2, 0.25) is 0 Å². The molecule has 0 fully saturated rings. The number of rotatable bonds is 0. The van der Waals surface area contributed by atoms with Crippen LogP contribution in [-0.2, 0) is 0 Å². The lowest BCUT2D eigenvalue weighted by Gasteiger charge is -1.81. The normalized spacial score (nSPS) is 10.2. The summed E-state index contributed by atoms with van der Waals surface area (Å²) in [7, 11) is 0. The summed E-state index contributed by atoms with van der Waals surface area (Å²) in [4.78, 5) is 0. The highest BCUT2D eigenvalue weighted by atomic mass is 15.5. The summed E-state index contributed by atoms with van der Waals surface area (Å²) in [6, 6.07) is 6.33. The molecule has 0 aliphatic carbocycles. The molecular formula is C5H3N4. The van der Waals surface area contributed by atoms with Gasteiger partial charge < -0.3 is 0 Å². The molecule has 0 aromatic carbocycles. The minimum atomic E-state index is 0.720.